The van der Waals surface area contributed by atoms with E-state index in [1.807, 2.05) is 0 Å². The zero-order chi connectivity index (χ0) is 15.7. The van der Waals surface area contributed by atoms with E-state index >= 15 is 0 Å². The number of carbonyl (C=O) groups excluding carboxylic acids is 1. The van der Waals surface area contributed by atoms with Gasteiger partial charge in [-0.1, -0.05) is 6.07 Å². The molecule has 2 aromatic rings. The van der Waals surface area contributed by atoms with Crippen LogP contribution in [0.15, 0.2) is 21.7 Å². The predicted octanol–water partition coefficient (Wildman–Crippen LogP) is 3.28. The highest BCUT2D eigenvalue weighted by molar-refractivity contribution is 7.94. The van der Waals surface area contributed by atoms with E-state index in [2.05, 4.69) is 4.72 Å². The van der Waals surface area contributed by atoms with E-state index in [9.17, 15) is 13.2 Å². The number of sulfonamides is 1. The summed E-state index contributed by atoms with van der Waals surface area (Å²) in [5.74, 6) is -0.453. The number of carbonyl (C=O) groups is 1. The third kappa shape index (κ3) is 2.78. The first-order valence-electron chi connectivity index (χ1n) is 6.91. The Kier molecular flexibility index (Phi) is 4.24. The molecular formula is C14H15NO4S3. The number of anilines is 1. The SMILES string of the molecule is CCOC(=O)c1c(NS(=O)(=O)c2cccs2)sc2c1CCC2. The maximum atomic E-state index is 12.4. The average Bonchev–Trinajstić information content (AvgIpc) is 3.14. The Bertz CT molecular complexity index is 790. The number of hydrogen-bond acceptors (Lipinski definition) is 6. The zero-order valence-electron chi connectivity index (χ0n) is 11.9. The highest BCUT2D eigenvalue weighted by atomic mass is 32.2. The van der Waals surface area contributed by atoms with Gasteiger partial charge in [-0.05, 0) is 43.2 Å². The van der Waals surface area contributed by atoms with E-state index in [1.54, 1.807) is 24.4 Å². The number of esters is 1. The van der Waals surface area contributed by atoms with Crippen LogP contribution in [0.25, 0.3) is 0 Å². The Labute approximate surface area is 137 Å². The summed E-state index contributed by atoms with van der Waals surface area (Å²) in [4.78, 5) is 13.3. The van der Waals surface area contributed by atoms with E-state index in [0.717, 1.165) is 41.0 Å². The fourth-order valence-corrected chi connectivity index (χ4v) is 6.06. The topological polar surface area (TPSA) is 72.5 Å². The van der Waals surface area contributed by atoms with Crippen LogP contribution < -0.4 is 4.72 Å². The maximum Gasteiger partial charge on any atom is 0.341 e. The maximum absolute atomic E-state index is 12.4. The number of rotatable bonds is 5. The van der Waals surface area contributed by atoms with Crippen LogP contribution in [-0.2, 0) is 27.6 Å². The van der Waals surface area contributed by atoms with Gasteiger partial charge in [0.1, 0.15) is 9.21 Å². The van der Waals surface area contributed by atoms with Crippen LogP contribution in [0.5, 0.6) is 0 Å². The molecule has 8 heteroatoms. The van der Waals surface area contributed by atoms with Gasteiger partial charge in [0.15, 0.2) is 0 Å². The molecule has 118 valence electrons. The predicted molar refractivity (Wildman–Crippen MR) is 87.4 cm³/mol. The van der Waals surface area contributed by atoms with Crippen LogP contribution in [0, 0.1) is 0 Å². The van der Waals surface area contributed by atoms with Crippen LogP contribution in [0.2, 0.25) is 0 Å². The molecule has 0 fully saturated rings. The number of hydrogen-bond donors (Lipinski definition) is 1. The van der Waals surface area contributed by atoms with Crippen LogP contribution in [-0.4, -0.2) is 21.0 Å². The Morgan fingerprint density at radius 2 is 2.23 bits per heavy atom. The highest BCUT2D eigenvalue weighted by Gasteiger charge is 2.30. The first-order chi connectivity index (χ1) is 10.5. The molecule has 0 spiro atoms. The molecule has 1 aliphatic carbocycles. The summed E-state index contributed by atoms with van der Waals surface area (Å²) >= 11 is 2.48. The minimum absolute atomic E-state index is 0.232. The summed E-state index contributed by atoms with van der Waals surface area (Å²) in [7, 11) is -3.66. The summed E-state index contributed by atoms with van der Waals surface area (Å²) in [6, 6.07) is 3.22. The molecule has 0 atom stereocenters. The molecular weight excluding hydrogens is 342 g/mol. The molecule has 1 aliphatic rings. The lowest BCUT2D eigenvalue weighted by Gasteiger charge is -2.08. The minimum Gasteiger partial charge on any atom is -0.462 e. The number of ether oxygens (including phenoxy) is 1. The quantitative estimate of drug-likeness (QED) is 0.834. The van der Waals surface area contributed by atoms with Gasteiger partial charge in [0.25, 0.3) is 10.0 Å². The van der Waals surface area contributed by atoms with Crippen LogP contribution in [0.4, 0.5) is 5.00 Å². The Hall–Kier alpha value is -1.38. The molecule has 2 heterocycles. The van der Waals surface area contributed by atoms with Crippen LogP contribution >= 0.6 is 22.7 Å². The fraction of sp³-hybridized carbons (Fsp3) is 0.357. The number of thiophene rings is 2. The van der Waals surface area contributed by atoms with E-state index in [4.69, 9.17) is 4.74 Å². The lowest BCUT2D eigenvalue weighted by molar-refractivity contribution is 0.0527. The number of fused-ring (bicyclic) bond motifs is 1. The van der Waals surface area contributed by atoms with E-state index in [-0.39, 0.29) is 10.8 Å². The average molecular weight is 357 g/mol. The highest BCUT2D eigenvalue weighted by Crippen LogP contribution is 2.40. The van der Waals surface area contributed by atoms with Crippen molar-refractivity contribution < 1.29 is 17.9 Å². The molecule has 0 aliphatic heterocycles. The fourth-order valence-electron chi connectivity index (χ4n) is 2.48. The largest absolute Gasteiger partial charge is 0.462 e. The molecule has 1 N–H and O–H groups in total. The van der Waals surface area contributed by atoms with E-state index in [1.165, 1.54) is 11.3 Å². The Morgan fingerprint density at radius 3 is 2.91 bits per heavy atom. The molecule has 0 saturated carbocycles. The van der Waals surface area contributed by atoms with Crippen molar-refractivity contribution >= 4 is 43.7 Å². The lowest BCUT2D eigenvalue weighted by Crippen LogP contribution is -2.15. The molecule has 22 heavy (non-hydrogen) atoms. The van der Waals surface area contributed by atoms with Gasteiger partial charge < -0.3 is 4.74 Å². The summed E-state index contributed by atoms with van der Waals surface area (Å²) < 4.78 is 32.6. The molecule has 5 nitrogen and oxygen atoms in total. The van der Waals surface area contributed by atoms with Crippen molar-refractivity contribution in [1.29, 1.82) is 0 Å². The molecule has 0 amide bonds. The molecule has 0 saturated heterocycles. The standard InChI is InChI=1S/C14H15NO4S3/c1-2-19-14(16)12-9-5-3-6-10(9)21-13(12)15-22(17,18)11-7-4-8-20-11/h4,7-8,15H,2-3,5-6H2,1H3. The normalized spacial score (nSPS) is 13.9. The van der Waals surface area contributed by atoms with Gasteiger partial charge in [0.05, 0.1) is 12.2 Å². The third-order valence-corrected chi connectivity index (χ3v) is 7.47. The van der Waals surface area contributed by atoms with Crippen LogP contribution in [0.3, 0.4) is 0 Å². The van der Waals surface area contributed by atoms with Crippen molar-refractivity contribution in [2.45, 2.75) is 30.4 Å². The lowest BCUT2D eigenvalue weighted by atomic mass is 10.1. The molecule has 0 radical (unpaired) electrons. The monoisotopic (exact) mass is 357 g/mol. The summed E-state index contributed by atoms with van der Waals surface area (Å²) in [5.41, 5.74) is 1.33. The van der Waals surface area contributed by atoms with Gasteiger partial charge >= 0.3 is 5.97 Å². The van der Waals surface area contributed by atoms with Crippen molar-refractivity contribution in [3.8, 4) is 0 Å². The van der Waals surface area contributed by atoms with Crippen molar-refractivity contribution in [1.82, 2.24) is 0 Å². The van der Waals surface area contributed by atoms with E-state index < -0.39 is 16.0 Å². The first-order valence-corrected chi connectivity index (χ1v) is 10.1. The molecule has 2 aromatic heterocycles. The van der Waals surface area contributed by atoms with Gasteiger partial charge in [0, 0.05) is 4.88 Å². The second kappa shape index (κ2) is 6.02. The van der Waals surface area contributed by atoms with Crippen molar-refractivity contribution in [3.63, 3.8) is 0 Å². The van der Waals surface area contributed by atoms with Gasteiger partial charge in [0.2, 0.25) is 0 Å². The van der Waals surface area contributed by atoms with Crippen molar-refractivity contribution in [2.75, 3.05) is 11.3 Å². The molecule has 0 bridgehead atoms. The number of nitrogens with one attached hydrogen (secondary N) is 1. The number of aryl methyl sites for hydroxylation is 1. The molecule has 3 rings (SSSR count). The summed E-state index contributed by atoms with van der Waals surface area (Å²) in [6.45, 7) is 2.00. The third-order valence-electron chi connectivity index (χ3n) is 3.39. The molecule has 0 unspecified atom stereocenters. The summed E-state index contributed by atoms with van der Waals surface area (Å²) in [6.07, 6.45) is 2.67. The Balaban J connectivity index is 1.99. The minimum atomic E-state index is -3.66. The van der Waals surface area contributed by atoms with Gasteiger partial charge in [-0.15, -0.1) is 22.7 Å². The van der Waals surface area contributed by atoms with Gasteiger partial charge in [-0.25, -0.2) is 13.2 Å². The summed E-state index contributed by atoms with van der Waals surface area (Å²) in [5, 5.41) is 2.08. The van der Waals surface area contributed by atoms with Gasteiger partial charge in [-0.2, -0.15) is 0 Å². The van der Waals surface area contributed by atoms with Crippen molar-refractivity contribution in [2.24, 2.45) is 0 Å². The smallest absolute Gasteiger partial charge is 0.341 e. The van der Waals surface area contributed by atoms with Crippen molar-refractivity contribution in [3.05, 3.63) is 33.5 Å². The molecule has 0 aromatic carbocycles. The second-order valence-corrected chi connectivity index (χ2v) is 8.78. The zero-order valence-corrected chi connectivity index (χ0v) is 14.4. The Morgan fingerprint density at radius 1 is 1.41 bits per heavy atom. The second-order valence-electron chi connectivity index (χ2n) is 4.82. The van der Waals surface area contributed by atoms with E-state index in [0.29, 0.717) is 10.6 Å². The first kappa shape index (κ1) is 15.5. The van der Waals surface area contributed by atoms with Crippen LogP contribution in [0.1, 0.15) is 34.1 Å². The van der Waals surface area contributed by atoms with Gasteiger partial charge in [-0.3, -0.25) is 4.72 Å².